The van der Waals surface area contributed by atoms with E-state index in [2.05, 4.69) is 15.3 Å². The summed E-state index contributed by atoms with van der Waals surface area (Å²) in [5, 5.41) is 2.83. The summed E-state index contributed by atoms with van der Waals surface area (Å²) in [6, 6.07) is 6.11. The SMILES string of the molecule is CNC(=O)c1cc(C)nc(-c2cc([C@@H]3CN(C(=O)OC(C)(C)C)C[C@H](C)N3C(C)=O)cc(Cl)n2)c1. The number of hydrogen-bond donors (Lipinski definition) is 1. The van der Waals surface area contributed by atoms with E-state index in [4.69, 9.17) is 16.3 Å². The second kappa shape index (κ2) is 10.2. The van der Waals surface area contributed by atoms with Gasteiger partial charge in [0.05, 0.1) is 17.4 Å². The number of nitrogens with one attached hydrogen (secondary N) is 1. The van der Waals surface area contributed by atoms with Gasteiger partial charge >= 0.3 is 6.09 Å². The Morgan fingerprint density at radius 3 is 2.34 bits per heavy atom. The molecular weight excluding hydrogens is 470 g/mol. The Morgan fingerprint density at radius 2 is 1.74 bits per heavy atom. The Balaban J connectivity index is 2.05. The fourth-order valence-electron chi connectivity index (χ4n) is 4.27. The van der Waals surface area contributed by atoms with Crippen LogP contribution in [-0.2, 0) is 9.53 Å². The van der Waals surface area contributed by atoms with Crippen molar-refractivity contribution < 1.29 is 19.1 Å². The fourth-order valence-corrected chi connectivity index (χ4v) is 4.49. The smallest absolute Gasteiger partial charge is 0.410 e. The molecule has 1 N–H and O–H groups in total. The van der Waals surface area contributed by atoms with Gasteiger partial charge < -0.3 is 19.9 Å². The van der Waals surface area contributed by atoms with E-state index in [1.165, 1.54) is 6.92 Å². The number of aromatic nitrogens is 2. The molecule has 35 heavy (non-hydrogen) atoms. The fraction of sp³-hybridized carbons (Fsp3) is 0.480. The molecule has 2 aromatic heterocycles. The summed E-state index contributed by atoms with van der Waals surface area (Å²) < 4.78 is 5.58. The van der Waals surface area contributed by atoms with Crippen LogP contribution in [0.25, 0.3) is 11.4 Å². The van der Waals surface area contributed by atoms with Crippen molar-refractivity contribution in [3.63, 3.8) is 0 Å². The summed E-state index contributed by atoms with van der Waals surface area (Å²) in [5.74, 6) is -0.354. The van der Waals surface area contributed by atoms with E-state index >= 15 is 0 Å². The molecule has 3 heterocycles. The van der Waals surface area contributed by atoms with Crippen LogP contribution in [-0.4, -0.2) is 69.5 Å². The van der Waals surface area contributed by atoms with Crippen molar-refractivity contribution in [1.29, 1.82) is 0 Å². The van der Waals surface area contributed by atoms with E-state index < -0.39 is 17.7 Å². The highest BCUT2D eigenvalue weighted by Crippen LogP contribution is 2.33. The summed E-state index contributed by atoms with van der Waals surface area (Å²) in [6.07, 6.45) is -0.437. The molecule has 0 radical (unpaired) electrons. The Morgan fingerprint density at radius 1 is 1.09 bits per heavy atom. The van der Waals surface area contributed by atoms with Crippen LogP contribution in [0.15, 0.2) is 24.3 Å². The topological polar surface area (TPSA) is 105 Å². The number of halogens is 1. The number of ether oxygens (including phenoxy) is 1. The van der Waals surface area contributed by atoms with Gasteiger partial charge in [0.2, 0.25) is 5.91 Å². The minimum atomic E-state index is -0.639. The van der Waals surface area contributed by atoms with Crippen LogP contribution in [0.3, 0.4) is 0 Å². The lowest BCUT2D eigenvalue weighted by Gasteiger charge is -2.45. The van der Waals surface area contributed by atoms with Gasteiger partial charge in [0.25, 0.3) is 5.91 Å². The standard InChI is InChI=1S/C25H32ClN5O4/c1-14-8-18(23(33)27-7)10-19(28-14)20-9-17(11-22(26)29-20)21-13-30(24(34)35-25(4,5)6)12-15(2)31(21)16(3)32/h8-11,15,21H,12-13H2,1-7H3,(H,27,33)/t15-,21-/m0/s1. The average Bonchev–Trinajstić information content (AvgIpc) is 2.75. The average molecular weight is 502 g/mol. The van der Waals surface area contributed by atoms with Gasteiger partial charge in [-0.3, -0.25) is 14.6 Å². The Hall–Kier alpha value is -3.20. The van der Waals surface area contributed by atoms with Gasteiger partial charge in [0, 0.05) is 44.4 Å². The van der Waals surface area contributed by atoms with Gasteiger partial charge in [-0.05, 0) is 64.4 Å². The van der Waals surface area contributed by atoms with E-state index in [-0.39, 0.29) is 29.6 Å². The normalized spacial score (nSPS) is 18.3. The van der Waals surface area contributed by atoms with Crippen LogP contribution >= 0.6 is 11.6 Å². The summed E-state index contributed by atoms with van der Waals surface area (Å²) in [6.45, 7) is 11.2. The Kier molecular flexibility index (Phi) is 7.69. The van der Waals surface area contributed by atoms with E-state index in [1.807, 2.05) is 27.7 Å². The molecular formula is C25H32ClN5O4. The second-order valence-electron chi connectivity index (χ2n) is 9.75. The molecule has 2 aromatic rings. The highest BCUT2D eigenvalue weighted by molar-refractivity contribution is 6.29. The predicted molar refractivity (Wildman–Crippen MR) is 133 cm³/mol. The zero-order chi connectivity index (χ0) is 26.1. The summed E-state index contributed by atoms with van der Waals surface area (Å²) >= 11 is 6.41. The number of hydrogen-bond acceptors (Lipinski definition) is 6. The molecule has 188 valence electrons. The Labute approximate surface area is 210 Å². The molecule has 1 aliphatic rings. The highest BCUT2D eigenvalue weighted by atomic mass is 35.5. The van der Waals surface area contributed by atoms with Crippen LogP contribution in [0.5, 0.6) is 0 Å². The highest BCUT2D eigenvalue weighted by Gasteiger charge is 2.38. The third-order valence-electron chi connectivity index (χ3n) is 5.61. The predicted octanol–water partition coefficient (Wildman–Crippen LogP) is 3.99. The summed E-state index contributed by atoms with van der Waals surface area (Å²) in [5.41, 5.74) is 2.12. The first kappa shape index (κ1) is 26.4. The molecule has 1 aliphatic heterocycles. The quantitative estimate of drug-likeness (QED) is 0.637. The summed E-state index contributed by atoms with van der Waals surface area (Å²) in [4.78, 5) is 50.0. The van der Waals surface area contributed by atoms with Gasteiger partial charge in [-0.25, -0.2) is 9.78 Å². The van der Waals surface area contributed by atoms with Crippen LogP contribution < -0.4 is 5.32 Å². The lowest BCUT2D eigenvalue weighted by atomic mass is 9.98. The van der Waals surface area contributed by atoms with Crippen molar-refractivity contribution >= 4 is 29.5 Å². The second-order valence-corrected chi connectivity index (χ2v) is 10.1. The number of carbonyl (C=O) groups is 3. The molecule has 9 nitrogen and oxygen atoms in total. The van der Waals surface area contributed by atoms with E-state index in [0.717, 1.165) is 0 Å². The number of aryl methyl sites for hydroxylation is 1. The molecule has 3 amide bonds. The van der Waals surface area contributed by atoms with E-state index in [9.17, 15) is 14.4 Å². The molecule has 10 heteroatoms. The zero-order valence-corrected chi connectivity index (χ0v) is 21.9. The van der Waals surface area contributed by atoms with Gasteiger partial charge in [-0.15, -0.1) is 0 Å². The maximum atomic E-state index is 12.8. The van der Waals surface area contributed by atoms with Crippen molar-refractivity contribution in [2.75, 3.05) is 20.1 Å². The van der Waals surface area contributed by atoms with Crippen molar-refractivity contribution in [3.05, 3.63) is 46.2 Å². The van der Waals surface area contributed by atoms with Crippen molar-refractivity contribution in [3.8, 4) is 11.4 Å². The molecule has 0 spiro atoms. The zero-order valence-electron chi connectivity index (χ0n) is 21.2. The summed E-state index contributed by atoms with van der Waals surface area (Å²) in [7, 11) is 1.56. The minimum Gasteiger partial charge on any atom is -0.444 e. The largest absolute Gasteiger partial charge is 0.444 e. The third kappa shape index (κ3) is 6.28. The lowest BCUT2D eigenvalue weighted by Crippen LogP contribution is -2.57. The monoisotopic (exact) mass is 501 g/mol. The minimum absolute atomic E-state index is 0.114. The molecule has 3 rings (SSSR count). The molecule has 0 saturated carbocycles. The van der Waals surface area contributed by atoms with Crippen molar-refractivity contribution in [2.24, 2.45) is 0 Å². The maximum Gasteiger partial charge on any atom is 0.410 e. The molecule has 0 aromatic carbocycles. The van der Waals surface area contributed by atoms with E-state index in [1.54, 1.807) is 48.0 Å². The number of piperazine rings is 1. The van der Waals surface area contributed by atoms with Gasteiger partial charge in [-0.2, -0.15) is 0 Å². The number of carbonyl (C=O) groups excluding carboxylic acids is 3. The molecule has 0 bridgehead atoms. The number of nitrogens with zero attached hydrogens (tertiary/aromatic N) is 4. The van der Waals surface area contributed by atoms with Crippen molar-refractivity contribution in [2.45, 2.75) is 59.2 Å². The third-order valence-corrected chi connectivity index (χ3v) is 5.80. The van der Waals surface area contributed by atoms with E-state index in [0.29, 0.717) is 34.8 Å². The first-order chi connectivity index (χ1) is 16.3. The molecule has 0 aliphatic carbocycles. The maximum absolute atomic E-state index is 12.8. The molecule has 1 saturated heterocycles. The van der Waals surface area contributed by atoms with Crippen LogP contribution in [0, 0.1) is 6.92 Å². The Bertz CT molecular complexity index is 1150. The lowest BCUT2D eigenvalue weighted by molar-refractivity contribution is -0.137. The number of rotatable bonds is 3. The molecule has 0 unspecified atom stereocenters. The van der Waals surface area contributed by atoms with Crippen molar-refractivity contribution in [1.82, 2.24) is 25.1 Å². The van der Waals surface area contributed by atoms with Crippen LogP contribution in [0.1, 0.15) is 62.3 Å². The van der Waals surface area contributed by atoms with Crippen LogP contribution in [0.4, 0.5) is 4.79 Å². The number of amides is 3. The molecule has 1 fully saturated rings. The van der Waals surface area contributed by atoms with Gasteiger partial charge in [-0.1, -0.05) is 11.6 Å². The first-order valence-corrected chi connectivity index (χ1v) is 11.8. The van der Waals surface area contributed by atoms with Gasteiger partial charge in [0.15, 0.2) is 0 Å². The first-order valence-electron chi connectivity index (χ1n) is 11.4. The van der Waals surface area contributed by atoms with Gasteiger partial charge in [0.1, 0.15) is 10.8 Å². The molecule has 2 atom stereocenters. The number of pyridine rings is 2. The van der Waals surface area contributed by atoms with Crippen LogP contribution in [0.2, 0.25) is 5.15 Å².